The van der Waals surface area contributed by atoms with Crippen molar-refractivity contribution in [2.24, 2.45) is 5.92 Å². The summed E-state index contributed by atoms with van der Waals surface area (Å²) in [5.41, 5.74) is 3.84. The van der Waals surface area contributed by atoms with Crippen molar-refractivity contribution in [3.05, 3.63) is 17.2 Å². The molecule has 2 heterocycles. The van der Waals surface area contributed by atoms with Crippen molar-refractivity contribution in [2.45, 2.75) is 50.0 Å². The molecule has 0 aromatic heterocycles. The third-order valence-electron chi connectivity index (χ3n) is 6.54. The second-order valence-electron chi connectivity index (χ2n) is 7.42. The molecule has 1 unspecified atom stereocenters. The molecule has 1 aromatic carbocycles. The van der Waals surface area contributed by atoms with Crippen LogP contribution in [0.2, 0.25) is 0 Å². The number of fused-ring (bicyclic) bond motifs is 3. The van der Waals surface area contributed by atoms with E-state index >= 15 is 0 Å². The molecule has 1 saturated carbocycles. The third-order valence-corrected chi connectivity index (χ3v) is 6.54. The highest BCUT2D eigenvalue weighted by atomic mass is 16.5. The van der Waals surface area contributed by atoms with Crippen molar-refractivity contribution in [2.75, 3.05) is 25.0 Å². The second-order valence-corrected chi connectivity index (χ2v) is 7.42. The van der Waals surface area contributed by atoms with Crippen LogP contribution in [0.1, 0.15) is 43.2 Å². The van der Waals surface area contributed by atoms with Gasteiger partial charge in [-0.15, -0.1) is 0 Å². The third kappa shape index (κ3) is 1.56. The normalized spacial score (nSPS) is 35.5. The Morgan fingerprint density at radius 2 is 2.18 bits per heavy atom. The fraction of sp³-hybridized carbons (Fsp3) is 0.667. The molecule has 4 heteroatoms. The minimum atomic E-state index is 0.273. The van der Waals surface area contributed by atoms with Gasteiger partial charge in [-0.3, -0.25) is 0 Å². The van der Waals surface area contributed by atoms with Gasteiger partial charge in [0, 0.05) is 23.6 Å². The maximum atomic E-state index is 10.5. The standard InChI is InChI=1S/C18H24N2O2/c21-15-10-13-11(17-16(15)20-7-8-22-17)9-14-12-3-1-2-4-18(12,13)5-6-19-14/h10,12,14,19-21H,1-9H2/t12-,14?,18+/m1/s1. The first-order valence-electron chi connectivity index (χ1n) is 8.79. The van der Waals surface area contributed by atoms with Crippen molar-refractivity contribution in [1.82, 2.24) is 5.32 Å². The number of ether oxygens (including phenoxy) is 1. The number of rotatable bonds is 0. The molecule has 3 atom stereocenters. The Morgan fingerprint density at radius 1 is 1.23 bits per heavy atom. The van der Waals surface area contributed by atoms with E-state index in [0.717, 1.165) is 36.9 Å². The first-order valence-corrected chi connectivity index (χ1v) is 8.79. The van der Waals surface area contributed by atoms with E-state index in [4.69, 9.17) is 4.74 Å². The van der Waals surface area contributed by atoms with E-state index < -0.39 is 0 Å². The van der Waals surface area contributed by atoms with E-state index in [2.05, 4.69) is 16.7 Å². The summed E-state index contributed by atoms with van der Waals surface area (Å²) >= 11 is 0. The Bertz CT molecular complexity index is 626. The zero-order chi connectivity index (χ0) is 14.7. The van der Waals surface area contributed by atoms with E-state index in [0.29, 0.717) is 18.4 Å². The van der Waals surface area contributed by atoms with Gasteiger partial charge >= 0.3 is 0 Å². The molecule has 2 aliphatic carbocycles. The summed E-state index contributed by atoms with van der Waals surface area (Å²) in [7, 11) is 0. The number of phenolic OH excluding ortho intramolecular Hbond substituents is 1. The summed E-state index contributed by atoms with van der Waals surface area (Å²) in [6.45, 7) is 2.57. The van der Waals surface area contributed by atoms with Gasteiger partial charge in [0.2, 0.25) is 0 Å². The maximum Gasteiger partial charge on any atom is 0.149 e. The molecule has 0 spiro atoms. The monoisotopic (exact) mass is 300 g/mol. The van der Waals surface area contributed by atoms with E-state index in [1.807, 2.05) is 0 Å². The summed E-state index contributed by atoms with van der Waals surface area (Å²) in [6.07, 6.45) is 7.52. The average molecular weight is 300 g/mol. The molecule has 3 N–H and O–H groups in total. The second kappa shape index (κ2) is 4.54. The molecular weight excluding hydrogens is 276 g/mol. The molecule has 4 aliphatic rings. The van der Waals surface area contributed by atoms with Crippen LogP contribution < -0.4 is 15.4 Å². The average Bonchev–Trinajstić information content (AvgIpc) is 2.56. The Labute approximate surface area is 131 Å². The molecule has 4 nitrogen and oxygen atoms in total. The first-order chi connectivity index (χ1) is 10.8. The highest BCUT2D eigenvalue weighted by molar-refractivity contribution is 5.73. The highest BCUT2D eigenvalue weighted by Crippen LogP contribution is 2.57. The van der Waals surface area contributed by atoms with Crippen LogP contribution in [0.3, 0.4) is 0 Å². The van der Waals surface area contributed by atoms with Gasteiger partial charge in [0.1, 0.15) is 23.8 Å². The minimum absolute atomic E-state index is 0.273. The lowest BCUT2D eigenvalue weighted by Crippen LogP contribution is -2.59. The van der Waals surface area contributed by atoms with Gasteiger partial charge in [-0.2, -0.15) is 0 Å². The van der Waals surface area contributed by atoms with Crippen LogP contribution in [-0.2, 0) is 11.8 Å². The molecular formula is C18H24N2O2. The lowest BCUT2D eigenvalue weighted by Gasteiger charge is -2.56. The van der Waals surface area contributed by atoms with Crippen LogP contribution in [-0.4, -0.2) is 30.8 Å². The molecule has 1 aromatic rings. The van der Waals surface area contributed by atoms with Gasteiger partial charge in [0.25, 0.3) is 0 Å². The molecule has 0 radical (unpaired) electrons. The number of anilines is 1. The molecule has 118 valence electrons. The van der Waals surface area contributed by atoms with Crippen LogP contribution >= 0.6 is 0 Å². The van der Waals surface area contributed by atoms with Crippen molar-refractivity contribution in [3.8, 4) is 11.5 Å². The van der Waals surface area contributed by atoms with Gasteiger partial charge < -0.3 is 20.5 Å². The van der Waals surface area contributed by atoms with Crippen molar-refractivity contribution in [1.29, 1.82) is 0 Å². The summed E-state index contributed by atoms with van der Waals surface area (Å²) < 4.78 is 5.99. The molecule has 0 amide bonds. The molecule has 2 bridgehead atoms. The molecule has 5 rings (SSSR count). The maximum absolute atomic E-state index is 10.5. The molecule has 1 saturated heterocycles. The minimum Gasteiger partial charge on any atom is -0.506 e. The van der Waals surface area contributed by atoms with Crippen molar-refractivity contribution >= 4 is 5.69 Å². The van der Waals surface area contributed by atoms with Crippen LogP contribution in [0.25, 0.3) is 0 Å². The molecule has 2 fully saturated rings. The fourth-order valence-electron chi connectivity index (χ4n) is 5.68. The summed E-state index contributed by atoms with van der Waals surface area (Å²) in [5.74, 6) is 2.04. The molecule has 22 heavy (non-hydrogen) atoms. The summed E-state index contributed by atoms with van der Waals surface area (Å²) in [5, 5.41) is 17.6. The topological polar surface area (TPSA) is 53.5 Å². The fourth-order valence-corrected chi connectivity index (χ4v) is 5.68. The van der Waals surface area contributed by atoms with E-state index in [9.17, 15) is 5.11 Å². The van der Waals surface area contributed by atoms with Crippen molar-refractivity contribution < 1.29 is 9.84 Å². The van der Waals surface area contributed by atoms with E-state index in [1.165, 1.54) is 43.2 Å². The van der Waals surface area contributed by atoms with Crippen LogP contribution in [0.5, 0.6) is 11.5 Å². The van der Waals surface area contributed by atoms with Gasteiger partial charge in [0.15, 0.2) is 0 Å². The zero-order valence-electron chi connectivity index (χ0n) is 13.0. The quantitative estimate of drug-likeness (QED) is 0.645. The van der Waals surface area contributed by atoms with Gasteiger partial charge in [-0.1, -0.05) is 12.8 Å². The number of phenols is 1. The lowest BCUT2D eigenvalue weighted by molar-refractivity contribution is 0.0782. The predicted molar refractivity (Wildman–Crippen MR) is 85.8 cm³/mol. The summed E-state index contributed by atoms with van der Waals surface area (Å²) in [4.78, 5) is 0. The van der Waals surface area contributed by atoms with Crippen LogP contribution in [0.15, 0.2) is 6.07 Å². The molecule has 2 aliphatic heterocycles. The smallest absolute Gasteiger partial charge is 0.149 e. The van der Waals surface area contributed by atoms with E-state index in [-0.39, 0.29) is 5.41 Å². The van der Waals surface area contributed by atoms with Crippen LogP contribution in [0.4, 0.5) is 5.69 Å². The number of piperidine rings is 1. The Morgan fingerprint density at radius 3 is 3.14 bits per heavy atom. The Kier molecular flexibility index (Phi) is 2.70. The van der Waals surface area contributed by atoms with Gasteiger partial charge in [-0.25, -0.2) is 0 Å². The van der Waals surface area contributed by atoms with Gasteiger partial charge in [-0.05, 0) is 49.8 Å². The number of benzene rings is 1. The number of aromatic hydroxyl groups is 1. The SMILES string of the molecule is Oc1cc2c(c3c1NCCO3)CC1NCC[C@]23CCCC[C@H]13. The lowest BCUT2D eigenvalue weighted by atomic mass is 9.52. The number of hydrogen-bond acceptors (Lipinski definition) is 4. The Hall–Kier alpha value is -1.42. The van der Waals surface area contributed by atoms with Gasteiger partial charge in [0.05, 0.1) is 0 Å². The van der Waals surface area contributed by atoms with Crippen molar-refractivity contribution in [3.63, 3.8) is 0 Å². The number of hydrogen-bond donors (Lipinski definition) is 3. The number of nitrogens with one attached hydrogen (secondary N) is 2. The zero-order valence-corrected chi connectivity index (χ0v) is 13.0. The first kappa shape index (κ1) is 13.1. The predicted octanol–water partition coefficient (Wildman–Crippen LogP) is 2.54. The van der Waals surface area contributed by atoms with E-state index in [1.54, 1.807) is 0 Å². The Balaban J connectivity index is 1.75. The largest absolute Gasteiger partial charge is 0.506 e. The van der Waals surface area contributed by atoms with Crippen LogP contribution in [0, 0.1) is 5.92 Å². The highest BCUT2D eigenvalue weighted by Gasteiger charge is 2.52. The summed E-state index contributed by atoms with van der Waals surface area (Å²) in [6, 6.07) is 2.65.